The SMILES string of the molecule is CNc1oc(-c2ccco2)c(O)c1-c1cccc(F)c1. The van der Waals surface area contributed by atoms with Gasteiger partial charge in [0.25, 0.3) is 0 Å². The van der Waals surface area contributed by atoms with Crippen LogP contribution in [-0.2, 0) is 0 Å². The molecule has 0 aliphatic rings. The average Bonchev–Trinajstić information content (AvgIpc) is 3.05. The molecule has 0 radical (unpaired) electrons. The van der Waals surface area contributed by atoms with E-state index in [4.69, 9.17) is 8.83 Å². The monoisotopic (exact) mass is 273 g/mol. The summed E-state index contributed by atoms with van der Waals surface area (Å²) in [5.41, 5.74) is 0.923. The molecule has 0 amide bonds. The summed E-state index contributed by atoms with van der Waals surface area (Å²) in [5, 5.41) is 13.2. The Morgan fingerprint density at radius 3 is 2.70 bits per heavy atom. The molecule has 0 bridgehead atoms. The van der Waals surface area contributed by atoms with Crippen LogP contribution < -0.4 is 5.32 Å². The van der Waals surface area contributed by atoms with Gasteiger partial charge in [-0.05, 0) is 29.8 Å². The molecule has 0 unspecified atom stereocenters. The maximum atomic E-state index is 13.3. The van der Waals surface area contributed by atoms with Crippen molar-refractivity contribution in [2.45, 2.75) is 0 Å². The number of hydrogen-bond acceptors (Lipinski definition) is 4. The minimum atomic E-state index is -0.385. The standard InChI is InChI=1S/C15H12FNO3/c1-17-15-12(9-4-2-5-10(16)8-9)13(18)14(20-15)11-6-3-7-19-11/h2-8,17-18H,1H3. The molecule has 1 aromatic carbocycles. The van der Waals surface area contributed by atoms with Crippen molar-refractivity contribution in [1.29, 1.82) is 0 Å². The molecule has 3 aromatic rings. The summed E-state index contributed by atoms with van der Waals surface area (Å²) in [5.74, 6) is 0.486. The molecular formula is C15H12FNO3. The minimum Gasteiger partial charge on any atom is -0.504 e. The summed E-state index contributed by atoms with van der Waals surface area (Å²) in [6, 6.07) is 9.31. The lowest BCUT2D eigenvalue weighted by atomic mass is 10.1. The smallest absolute Gasteiger partial charge is 0.214 e. The first-order valence-electron chi connectivity index (χ1n) is 6.04. The van der Waals surface area contributed by atoms with E-state index >= 15 is 0 Å². The highest BCUT2D eigenvalue weighted by atomic mass is 19.1. The number of anilines is 1. The zero-order valence-corrected chi connectivity index (χ0v) is 10.7. The maximum absolute atomic E-state index is 13.3. The van der Waals surface area contributed by atoms with E-state index in [0.29, 0.717) is 22.8 Å². The van der Waals surface area contributed by atoms with Gasteiger partial charge in [-0.1, -0.05) is 12.1 Å². The first-order chi connectivity index (χ1) is 9.70. The van der Waals surface area contributed by atoms with Crippen LogP contribution in [0.25, 0.3) is 22.6 Å². The van der Waals surface area contributed by atoms with E-state index in [1.165, 1.54) is 18.4 Å². The molecule has 102 valence electrons. The van der Waals surface area contributed by atoms with E-state index in [0.717, 1.165) is 0 Å². The molecular weight excluding hydrogens is 261 g/mol. The van der Waals surface area contributed by atoms with Crippen LogP contribution in [0.3, 0.4) is 0 Å². The predicted octanol–water partition coefficient (Wildman–Crippen LogP) is 4.09. The summed E-state index contributed by atoms with van der Waals surface area (Å²) >= 11 is 0. The first kappa shape index (κ1) is 12.3. The molecule has 0 spiro atoms. The van der Waals surface area contributed by atoms with E-state index in [2.05, 4.69) is 5.32 Å². The zero-order valence-electron chi connectivity index (χ0n) is 10.7. The number of furan rings is 2. The topological polar surface area (TPSA) is 58.5 Å². The van der Waals surface area contributed by atoms with E-state index < -0.39 is 0 Å². The van der Waals surface area contributed by atoms with Gasteiger partial charge >= 0.3 is 0 Å². The zero-order chi connectivity index (χ0) is 14.1. The molecule has 0 aliphatic carbocycles. The van der Waals surface area contributed by atoms with Gasteiger partial charge in [-0.3, -0.25) is 0 Å². The number of benzene rings is 1. The van der Waals surface area contributed by atoms with Crippen LogP contribution in [-0.4, -0.2) is 12.2 Å². The Hall–Kier alpha value is -2.69. The highest BCUT2D eigenvalue weighted by Gasteiger charge is 2.23. The number of hydrogen-bond donors (Lipinski definition) is 2. The van der Waals surface area contributed by atoms with Gasteiger partial charge in [0, 0.05) is 7.05 Å². The van der Waals surface area contributed by atoms with Crippen molar-refractivity contribution in [1.82, 2.24) is 0 Å². The highest BCUT2D eigenvalue weighted by Crippen LogP contribution is 2.46. The molecule has 20 heavy (non-hydrogen) atoms. The van der Waals surface area contributed by atoms with Crippen molar-refractivity contribution in [2.24, 2.45) is 0 Å². The Kier molecular flexibility index (Phi) is 2.95. The number of nitrogens with one attached hydrogen (secondary N) is 1. The molecule has 3 rings (SSSR count). The van der Waals surface area contributed by atoms with Gasteiger partial charge in [-0.15, -0.1) is 0 Å². The predicted molar refractivity (Wildman–Crippen MR) is 73.0 cm³/mol. The third kappa shape index (κ3) is 1.93. The lowest BCUT2D eigenvalue weighted by Gasteiger charge is -2.02. The van der Waals surface area contributed by atoms with Gasteiger partial charge in [-0.25, -0.2) is 4.39 Å². The molecule has 4 nitrogen and oxygen atoms in total. The third-order valence-electron chi connectivity index (χ3n) is 2.97. The van der Waals surface area contributed by atoms with Crippen LogP contribution in [0.5, 0.6) is 5.75 Å². The van der Waals surface area contributed by atoms with Crippen LogP contribution in [0.1, 0.15) is 0 Å². The van der Waals surface area contributed by atoms with Crippen LogP contribution in [0.15, 0.2) is 51.5 Å². The van der Waals surface area contributed by atoms with Crippen LogP contribution >= 0.6 is 0 Å². The van der Waals surface area contributed by atoms with Crippen LogP contribution in [0, 0.1) is 5.82 Å². The Balaban J connectivity index is 2.20. The fourth-order valence-electron chi connectivity index (χ4n) is 2.09. The Morgan fingerprint density at radius 2 is 2.05 bits per heavy atom. The number of aromatic hydroxyl groups is 1. The third-order valence-corrected chi connectivity index (χ3v) is 2.97. The molecule has 2 N–H and O–H groups in total. The molecule has 0 saturated heterocycles. The first-order valence-corrected chi connectivity index (χ1v) is 6.04. The lowest BCUT2D eigenvalue weighted by Crippen LogP contribution is -1.88. The Bertz CT molecular complexity index is 732. The van der Waals surface area contributed by atoms with Gasteiger partial charge in [0.2, 0.25) is 11.6 Å². The van der Waals surface area contributed by atoms with E-state index in [1.54, 1.807) is 31.3 Å². The highest BCUT2D eigenvalue weighted by molar-refractivity contribution is 5.86. The average molecular weight is 273 g/mol. The van der Waals surface area contributed by atoms with E-state index in [-0.39, 0.29) is 17.3 Å². The van der Waals surface area contributed by atoms with Crippen molar-refractivity contribution < 1.29 is 18.3 Å². The molecule has 0 saturated carbocycles. The lowest BCUT2D eigenvalue weighted by molar-refractivity contribution is 0.456. The fraction of sp³-hybridized carbons (Fsp3) is 0.0667. The molecule has 2 aromatic heterocycles. The van der Waals surface area contributed by atoms with Gasteiger partial charge in [0.05, 0.1) is 11.8 Å². The number of rotatable bonds is 3. The largest absolute Gasteiger partial charge is 0.504 e. The van der Waals surface area contributed by atoms with Gasteiger partial charge in [0.15, 0.2) is 11.5 Å². The molecule has 0 aliphatic heterocycles. The summed E-state index contributed by atoms with van der Waals surface area (Å²) in [4.78, 5) is 0. The molecule has 0 fully saturated rings. The van der Waals surface area contributed by atoms with Crippen LogP contribution in [0.2, 0.25) is 0 Å². The normalized spacial score (nSPS) is 10.7. The van der Waals surface area contributed by atoms with Crippen molar-refractivity contribution in [3.63, 3.8) is 0 Å². The van der Waals surface area contributed by atoms with E-state index in [1.807, 2.05) is 0 Å². The molecule has 0 atom stereocenters. The fourth-order valence-corrected chi connectivity index (χ4v) is 2.09. The van der Waals surface area contributed by atoms with Gasteiger partial charge < -0.3 is 19.3 Å². The molecule has 2 heterocycles. The second kappa shape index (κ2) is 4.77. The van der Waals surface area contributed by atoms with Crippen molar-refractivity contribution in [3.8, 4) is 28.4 Å². The minimum absolute atomic E-state index is 0.0881. The van der Waals surface area contributed by atoms with Crippen molar-refractivity contribution in [3.05, 3.63) is 48.5 Å². The van der Waals surface area contributed by atoms with Crippen molar-refractivity contribution in [2.75, 3.05) is 12.4 Å². The van der Waals surface area contributed by atoms with Crippen molar-refractivity contribution >= 4 is 5.88 Å². The second-order valence-electron chi connectivity index (χ2n) is 4.22. The summed E-state index contributed by atoms with van der Waals surface area (Å²) in [6.45, 7) is 0. The van der Waals surface area contributed by atoms with Gasteiger partial charge in [0.1, 0.15) is 5.82 Å². The Morgan fingerprint density at radius 1 is 1.20 bits per heavy atom. The molecule has 5 heteroatoms. The van der Waals surface area contributed by atoms with Crippen LogP contribution in [0.4, 0.5) is 10.3 Å². The number of halogens is 1. The summed E-state index contributed by atoms with van der Waals surface area (Å²) in [6.07, 6.45) is 1.48. The maximum Gasteiger partial charge on any atom is 0.214 e. The van der Waals surface area contributed by atoms with Gasteiger partial charge in [-0.2, -0.15) is 0 Å². The Labute approximate surface area is 114 Å². The summed E-state index contributed by atoms with van der Waals surface area (Å²) in [7, 11) is 1.66. The summed E-state index contributed by atoms with van der Waals surface area (Å²) < 4.78 is 24.1. The quantitative estimate of drug-likeness (QED) is 0.754. The second-order valence-corrected chi connectivity index (χ2v) is 4.22. The van der Waals surface area contributed by atoms with E-state index in [9.17, 15) is 9.50 Å².